The minimum Gasteiger partial charge on any atom is -0.504 e. The van der Waals surface area contributed by atoms with Crippen molar-refractivity contribution in [3.8, 4) is 5.75 Å². The maximum absolute atomic E-state index is 12.3. The van der Waals surface area contributed by atoms with Crippen LogP contribution in [0.4, 0.5) is 34.6 Å². The number of amidine groups is 1. The van der Waals surface area contributed by atoms with Gasteiger partial charge in [-0.2, -0.15) is 53.7 Å². The summed E-state index contributed by atoms with van der Waals surface area (Å²) in [7, 11) is -19.8. The van der Waals surface area contributed by atoms with Crippen molar-refractivity contribution in [3.05, 3.63) is 95.3 Å². The molecular weight excluding hydrogens is 878 g/mol. The van der Waals surface area contributed by atoms with Gasteiger partial charge in [-0.1, -0.05) is 30.3 Å². The molecule has 0 atom stereocenters. The molecule has 4 aromatic carbocycles. The highest BCUT2D eigenvalue weighted by Gasteiger charge is 2.23. The molecule has 1 aromatic heterocycles. The predicted molar refractivity (Wildman–Crippen MR) is 200 cm³/mol. The molecule has 1 heterocycles. The third kappa shape index (κ3) is 10.6. The normalized spacial score (nSPS) is 12.7. The van der Waals surface area contributed by atoms with Crippen LogP contribution in [0, 0.1) is 0 Å². The van der Waals surface area contributed by atoms with Crippen LogP contribution in [0.1, 0.15) is 15.9 Å². The molecule has 0 bridgehead atoms. The Morgan fingerprint density at radius 3 is 1.72 bits per heavy atom. The molecule has 0 fully saturated rings. The molecule has 24 nitrogen and oxygen atoms in total. The molecule has 58 heavy (non-hydrogen) atoms. The third-order valence-electron chi connectivity index (χ3n) is 7.08. The number of phenolic OH excluding ortho intramolecular Hbond substituents is 1. The van der Waals surface area contributed by atoms with Gasteiger partial charge >= 0.3 is 5.97 Å². The molecule has 0 aliphatic carbocycles. The van der Waals surface area contributed by atoms with Crippen LogP contribution < -0.4 is 16.1 Å². The van der Waals surface area contributed by atoms with Crippen LogP contribution in [0.2, 0.25) is 5.28 Å². The molecule has 29 heteroatoms. The first-order valence-electron chi connectivity index (χ1n) is 14.9. The zero-order valence-corrected chi connectivity index (χ0v) is 32.1. The summed E-state index contributed by atoms with van der Waals surface area (Å²) in [5.41, 5.74) is -0.391. The summed E-state index contributed by atoms with van der Waals surface area (Å²) < 4.78 is 134. The fourth-order valence-electron chi connectivity index (χ4n) is 4.52. The molecule has 5 rings (SSSR count). The first kappa shape index (κ1) is 42.9. The molecular formula is C29H22ClN9O15S4. The largest absolute Gasteiger partial charge is 0.504 e. The van der Waals surface area contributed by atoms with Crippen LogP contribution in [-0.4, -0.2) is 88.9 Å². The first-order valence-corrected chi connectivity index (χ1v) is 21.1. The van der Waals surface area contributed by atoms with Crippen LogP contribution in [-0.2, 0) is 40.5 Å². The fraction of sp³-hybridized carbons (Fsp3) is 0. The third-order valence-corrected chi connectivity index (χ3v) is 10.7. The molecule has 0 saturated carbocycles. The number of nitrogens with zero attached hydrogens (tertiary/aromatic N) is 6. The number of aromatic carboxylic acids is 1. The second-order valence-corrected chi connectivity index (χ2v) is 17.0. The highest BCUT2D eigenvalue weighted by molar-refractivity contribution is 7.86. The van der Waals surface area contributed by atoms with Gasteiger partial charge in [0.15, 0.2) is 5.75 Å². The molecule has 0 saturated heterocycles. The molecule has 0 spiro atoms. The highest BCUT2D eigenvalue weighted by atomic mass is 35.5. The lowest BCUT2D eigenvalue weighted by atomic mass is 10.2. The van der Waals surface area contributed by atoms with E-state index in [1.807, 2.05) is 0 Å². The summed E-state index contributed by atoms with van der Waals surface area (Å²) in [6.45, 7) is 0. The number of halogens is 1. The van der Waals surface area contributed by atoms with Crippen LogP contribution in [0.3, 0.4) is 0 Å². The molecule has 0 aliphatic heterocycles. The highest BCUT2D eigenvalue weighted by Crippen LogP contribution is 2.39. The zero-order valence-electron chi connectivity index (χ0n) is 28.1. The summed E-state index contributed by atoms with van der Waals surface area (Å²) in [6.07, 6.45) is 0. The van der Waals surface area contributed by atoms with Crippen molar-refractivity contribution in [1.82, 2.24) is 15.0 Å². The zero-order chi connectivity index (χ0) is 42.8. The second-order valence-electron chi connectivity index (χ2n) is 11.0. The van der Waals surface area contributed by atoms with E-state index in [9.17, 15) is 66.9 Å². The summed E-state index contributed by atoms with van der Waals surface area (Å²) in [5.74, 6) is -4.07. The standard InChI is InChI=1S/C29H22ClN9O15S4/c30-27-33-28(31-20-11-16(56(46,47)48)7-9-23(20)58(52,53)54)35-29(34-27)32-21-12-17(57(49,50)51)13-22(24(21)40)37-39-25(14-4-2-1-3-5-14)38-36-19-10-15(55(43,44)45)6-8-18(19)26(41)42/h1-13,36,40H,(H,41,42)(H,43,44,45)(H,46,47,48)(H,49,50,51)(H,52,53,54)(H2,31,32,33,34,35)/b38-25+,39-37?. The van der Waals surface area contributed by atoms with Gasteiger partial charge in [-0.3, -0.25) is 23.6 Å². The molecule has 0 amide bonds. The van der Waals surface area contributed by atoms with Gasteiger partial charge in [0, 0.05) is 5.56 Å². The minimum absolute atomic E-state index is 0.171. The summed E-state index contributed by atoms with van der Waals surface area (Å²) in [5, 5.41) is 36.5. The van der Waals surface area contributed by atoms with Gasteiger partial charge in [0.05, 0.1) is 37.3 Å². The number of carbonyl (C=O) groups is 1. The Kier molecular flexibility index (Phi) is 12.1. The predicted octanol–water partition coefficient (Wildman–Crippen LogP) is 3.96. The SMILES string of the molecule is O=C(O)c1ccc(S(=O)(=O)O)cc1N/N=C(/N=Nc1cc(S(=O)(=O)O)cc(Nc2nc(Cl)nc(Nc3cc(S(=O)(=O)O)ccc3S(=O)(=O)O)n2)c1O)c1ccccc1. The fourth-order valence-corrected chi connectivity index (χ4v) is 6.85. The van der Waals surface area contributed by atoms with E-state index in [2.05, 4.69) is 46.3 Å². The van der Waals surface area contributed by atoms with E-state index in [1.165, 1.54) is 24.3 Å². The smallest absolute Gasteiger partial charge is 0.337 e. The Hall–Kier alpha value is -6.24. The van der Waals surface area contributed by atoms with Gasteiger partial charge in [-0.05, 0) is 60.1 Å². The van der Waals surface area contributed by atoms with Gasteiger partial charge in [-0.25, -0.2) is 4.79 Å². The van der Waals surface area contributed by atoms with Crippen molar-refractivity contribution in [3.63, 3.8) is 0 Å². The maximum atomic E-state index is 12.3. The first-order chi connectivity index (χ1) is 26.9. The van der Waals surface area contributed by atoms with Gasteiger partial charge in [-0.15, -0.1) is 10.2 Å². The minimum atomic E-state index is -5.08. The van der Waals surface area contributed by atoms with Crippen LogP contribution in [0.5, 0.6) is 5.75 Å². The quantitative estimate of drug-likeness (QED) is 0.0201. The number of phenols is 1. The maximum Gasteiger partial charge on any atom is 0.337 e. The van der Waals surface area contributed by atoms with Gasteiger partial charge < -0.3 is 20.8 Å². The Balaban J connectivity index is 1.57. The van der Waals surface area contributed by atoms with E-state index < -0.39 is 117 Å². The van der Waals surface area contributed by atoms with Crippen molar-refractivity contribution in [2.75, 3.05) is 16.1 Å². The molecule has 5 aromatic rings. The van der Waals surface area contributed by atoms with E-state index in [-0.39, 0.29) is 11.4 Å². The Bertz CT molecular complexity index is 2990. The van der Waals surface area contributed by atoms with Crippen molar-refractivity contribution < 1.29 is 66.9 Å². The van der Waals surface area contributed by atoms with Gasteiger partial charge in [0.2, 0.25) is 23.0 Å². The van der Waals surface area contributed by atoms with E-state index >= 15 is 0 Å². The molecule has 0 unspecified atom stereocenters. The van der Waals surface area contributed by atoms with Crippen LogP contribution in [0.25, 0.3) is 0 Å². The molecule has 9 N–H and O–H groups in total. The molecule has 0 radical (unpaired) electrons. The number of azo groups is 1. The summed E-state index contributed by atoms with van der Waals surface area (Å²) >= 11 is 5.99. The van der Waals surface area contributed by atoms with Crippen LogP contribution in [0.15, 0.2) is 114 Å². The number of hydrogen-bond acceptors (Lipinski definition) is 18. The van der Waals surface area contributed by atoms with Gasteiger partial charge in [0.25, 0.3) is 40.5 Å². The Labute approximate surface area is 331 Å². The topological polar surface area (TPSA) is 387 Å². The average Bonchev–Trinajstić information content (AvgIpc) is 3.11. The summed E-state index contributed by atoms with van der Waals surface area (Å²) in [4.78, 5) is 19.9. The number of aromatic nitrogens is 3. The number of aromatic hydroxyl groups is 1. The van der Waals surface area contributed by atoms with Gasteiger partial charge in [0.1, 0.15) is 10.6 Å². The molecule has 304 valence electrons. The van der Waals surface area contributed by atoms with Crippen molar-refractivity contribution in [1.29, 1.82) is 0 Å². The molecule has 0 aliphatic rings. The summed E-state index contributed by atoms with van der Waals surface area (Å²) in [6, 6.07) is 13.3. The van der Waals surface area contributed by atoms with E-state index in [0.717, 1.165) is 18.2 Å². The van der Waals surface area contributed by atoms with Crippen molar-refractivity contribution in [2.24, 2.45) is 15.3 Å². The van der Waals surface area contributed by atoms with Crippen LogP contribution >= 0.6 is 11.6 Å². The number of hydrogen-bond donors (Lipinski definition) is 9. The number of anilines is 5. The lowest BCUT2D eigenvalue weighted by Crippen LogP contribution is -2.09. The van der Waals surface area contributed by atoms with E-state index in [0.29, 0.717) is 30.3 Å². The van der Waals surface area contributed by atoms with Crippen molar-refractivity contribution in [2.45, 2.75) is 19.6 Å². The van der Waals surface area contributed by atoms with E-state index in [4.69, 9.17) is 11.6 Å². The lowest BCUT2D eigenvalue weighted by molar-refractivity contribution is 0.0697. The number of carboxylic acid groups (broad SMARTS) is 1. The number of rotatable bonds is 13. The average molecular weight is 900 g/mol. The van der Waals surface area contributed by atoms with E-state index in [1.54, 1.807) is 6.07 Å². The number of hydrazone groups is 1. The van der Waals surface area contributed by atoms with Crippen molar-refractivity contribution >= 4 is 98.5 Å². The monoisotopic (exact) mass is 899 g/mol. The number of carboxylic acids is 1. The number of nitrogens with one attached hydrogen (secondary N) is 3. The number of benzene rings is 4. The Morgan fingerprint density at radius 1 is 0.638 bits per heavy atom. The second kappa shape index (κ2) is 16.3. The lowest BCUT2D eigenvalue weighted by Gasteiger charge is -2.13. The Morgan fingerprint density at radius 2 is 1.17 bits per heavy atom.